The molecule has 0 bridgehead atoms. The fraction of sp³-hybridized carbons (Fsp3) is 0.182. The Bertz CT molecular complexity index is 1080. The van der Waals surface area contributed by atoms with E-state index >= 15 is 0 Å². The van der Waals surface area contributed by atoms with Crippen molar-refractivity contribution in [2.24, 2.45) is 0 Å². The summed E-state index contributed by atoms with van der Waals surface area (Å²) in [6, 6.07) is 17.4. The third kappa shape index (κ3) is 3.97. The fourth-order valence-electron chi connectivity index (χ4n) is 3.24. The topological polar surface area (TPSA) is 71.6 Å². The van der Waals surface area contributed by atoms with E-state index < -0.39 is 0 Å². The Balaban J connectivity index is 1.36. The van der Waals surface area contributed by atoms with Crippen LogP contribution in [0.2, 0.25) is 0 Å². The summed E-state index contributed by atoms with van der Waals surface area (Å²) in [6.07, 6.45) is 3.49. The number of nitrogens with one attached hydrogen (secondary N) is 2. The summed E-state index contributed by atoms with van der Waals surface area (Å²) in [4.78, 5) is 16.8. The molecule has 2 N–H and O–H groups in total. The standard InChI is InChI=1S/C22H22N4O2/c1-16-5-2-9-21-24-14-19(26(16)21)13-23-12-17-6-3-7-18(11-17)22(27)25-15-20-8-4-10-28-20/h2-11,14,23H,12-13,15H2,1H3,(H,25,27). The quantitative estimate of drug-likeness (QED) is 0.520. The number of amides is 1. The van der Waals surface area contributed by atoms with E-state index in [1.807, 2.05) is 48.7 Å². The molecular weight excluding hydrogens is 352 g/mol. The van der Waals surface area contributed by atoms with Crippen molar-refractivity contribution in [3.05, 3.63) is 95.3 Å². The molecule has 0 radical (unpaired) electrons. The number of imidazole rings is 1. The molecule has 0 aliphatic rings. The zero-order valence-electron chi connectivity index (χ0n) is 15.7. The van der Waals surface area contributed by atoms with Gasteiger partial charge in [-0.3, -0.25) is 4.79 Å². The number of aryl methyl sites for hydroxylation is 1. The lowest BCUT2D eigenvalue weighted by Gasteiger charge is -2.09. The molecule has 1 aromatic carbocycles. The van der Waals surface area contributed by atoms with Crippen LogP contribution in [0.3, 0.4) is 0 Å². The zero-order chi connectivity index (χ0) is 19.3. The molecule has 6 nitrogen and oxygen atoms in total. The molecule has 0 saturated heterocycles. The Morgan fingerprint density at radius 2 is 1.96 bits per heavy atom. The molecule has 3 heterocycles. The first-order valence-electron chi connectivity index (χ1n) is 9.23. The Labute approximate surface area is 163 Å². The Hall–Kier alpha value is -3.38. The van der Waals surface area contributed by atoms with E-state index in [1.165, 1.54) is 0 Å². The number of hydrogen-bond donors (Lipinski definition) is 2. The van der Waals surface area contributed by atoms with Gasteiger partial charge >= 0.3 is 0 Å². The van der Waals surface area contributed by atoms with E-state index in [1.54, 1.807) is 12.3 Å². The van der Waals surface area contributed by atoms with Crippen molar-refractivity contribution in [3.8, 4) is 0 Å². The lowest BCUT2D eigenvalue weighted by molar-refractivity contribution is 0.0948. The maximum Gasteiger partial charge on any atom is 0.251 e. The van der Waals surface area contributed by atoms with Crippen LogP contribution in [0.25, 0.3) is 5.65 Å². The van der Waals surface area contributed by atoms with Gasteiger partial charge in [-0.2, -0.15) is 0 Å². The highest BCUT2D eigenvalue weighted by molar-refractivity contribution is 5.94. The van der Waals surface area contributed by atoms with E-state index in [0.717, 1.165) is 28.4 Å². The Kier molecular flexibility index (Phi) is 5.21. The van der Waals surface area contributed by atoms with Gasteiger partial charge < -0.3 is 19.5 Å². The van der Waals surface area contributed by atoms with Crippen molar-refractivity contribution >= 4 is 11.6 Å². The number of benzene rings is 1. The van der Waals surface area contributed by atoms with Gasteiger partial charge in [-0.15, -0.1) is 0 Å². The Morgan fingerprint density at radius 3 is 2.82 bits per heavy atom. The molecule has 0 fully saturated rings. The monoisotopic (exact) mass is 374 g/mol. The molecule has 142 valence electrons. The first-order valence-corrected chi connectivity index (χ1v) is 9.23. The lowest BCUT2D eigenvalue weighted by atomic mass is 10.1. The van der Waals surface area contributed by atoms with Crippen LogP contribution in [-0.4, -0.2) is 15.3 Å². The predicted molar refractivity (Wildman–Crippen MR) is 107 cm³/mol. The number of carbonyl (C=O) groups is 1. The molecule has 0 atom stereocenters. The molecule has 3 aromatic heterocycles. The number of nitrogens with zero attached hydrogens (tertiary/aromatic N) is 2. The molecular formula is C22H22N4O2. The van der Waals surface area contributed by atoms with Crippen LogP contribution in [-0.2, 0) is 19.6 Å². The minimum atomic E-state index is -0.115. The number of carbonyl (C=O) groups excluding carboxylic acids is 1. The van der Waals surface area contributed by atoms with E-state index in [2.05, 4.69) is 33.0 Å². The van der Waals surface area contributed by atoms with Gasteiger partial charge in [0.1, 0.15) is 11.4 Å². The minimum Gasteiger partial charge on any atom is -0.467 e. The highest BCUT2D eigenvalue weighted by Gasteiger charge is 2.08. The SMILES string of the molecule is Cc1cccc2ncc(CNCc3cccc(C(=O)NCc4ccco4)c3)n12. The average Bonchev–Trinajstić information content (AvgIpc) is 3.37. The highest BCUT2D eigenvalue weighted by Crippen LogP contribution is 2.11. The summed E-state index contributed by atoms with van der Waals surface area (Å²) < 4.78 is 7.38. The fourth-order valence-corrected chi connectivity index (χ4v) is 3.24. The maximum absolute atomic E-state index is 12.4. The number of furan rings is 1. The van der Waals surface area contributed by atoms with E-state index in [0.29, 0.717) is 25.2 Å². The third-order valence-corrected chi connectivity index (χ3v) is 4.63. The van der Waals surface area contributed by atoms with Crippen LogP contribution < -0.4 is 10.6 Å². The molecule has 6 heteroatoms. The van der Waals surface area contributed by atoms with Crippen LogP contribution in [0.15, 0.2) is 71.5 Å². The van der Waals surface area contributed by atoms with Gasteiger partial charge in [-0.25, -0.2) is 4.98 Å². The van der Waals surface area contributed by atoms with E-state index in [-0.39, 0.29) is 5.91 Å². The van der Waals surface area contributed by atoms with Gasteiger partial charge in [-0.05, 0) is 48.9 Å². The second-order valence-corrected chi connectivity index (χ2v) is 6.68. The van der Waals surface area contributed by atoms with Gasteiger partial charge in [0.2, 0.25) is 0 Å². The van der Waals surface area contributed by atoms with Gasteiger partial charge in [0.25, 0.3) is 5.91 Å². The van der Waals surface area contributed by atoms with Crippen molar-refractivity contribution in [2.75, 3.05) is 0 Å². The molecule has 0 unspecified atom stereocenters. The largest absolute Gasteiger partial charge is 0.467 e. The molecule has 1 amide bonds. The van der Waals surface area contributed by atoms with Crippen LogP contribution in [0.4, 0.5) is 0 Å². The zero-order valence-corrected chi connectivity index (χ0v) is 15.7. The van der Waals surface area contributed by atoms with Crippen LogP contribution in [0, 0.1) is 6.92 Å². The van der Waals surface area contributed by atoms with E-state index in [9.17, 15) is 4.79 Å². The summed E-state index contributed by atoms with van der Waals surface area (Å²) in [6.45, 7) is 3.81. The van der Waals surface area contributed by atoms with Gasteiger partial charge in [0.05, 0.1) is 24.7 Å². The normalized spacial score (nSPS) is 11.0. The number of aromatic nitrogens is 2. The van der Waals surface area contributed by atoms with Gasteiger partial charge in [0, 0.05) is 24.3 Å². The summed E-state index contributed by atoms with van der Waals surface area (Å²) in [5.41, 5.74) is 4.90. The lowest BCUT2D eigenvalue weighted by Crippen LogP contribution is -2.23. The third-order valence-electron chi connectivity index (χ3n) is 4.63. The van der Waals surface area contributed by atoms with Crippen molar-refractivity contribution in [2.45, 2.75) is 26.6 Å². The number of hydrogen-bond acceptors (Lipinski definition) is 4. The average molecular weight is 374 g/mol. The summed E-state index contributed by atoms with van der Waals surface area (Å²) in [5.74, 6) is 0.616. The highest BCUT2D eigenvalue weighted by atomic mass is 16.3. The molecule has 4 rings (SSSR count). The first-order chi connectivity index (χ1) is 13.7. The van der Waals surface area contributed by atoms with Gasteiger partial charge in [0.15, 0.2) is 0 Å². The maximum atomic E-state index is 12.4. The number of fused-ring (bicyclic) bond motifs is 1. The molecule has 0 spiro atoms. The Morgan fingerprint density at radius 1 is 1.07 bits per heavy atom. The molecule has 28 heavy (non-hydrogen) atoms. The minimum absolute atomic E-state index is 0.115. The summed E-state index contributed by atoms with van der Waals surface area (Å²) in [7, 11) is 0. The van der Waals surface area contributed by atoms with Gasteiger partial charge in [-0.1, -0.05) is 18.2 Å². The van der Waals surface area contributed by atoms with Crippen molar-refractivity contribution in [1.82, 2.24) is 20.0 Å². The van der Waals surface area contributed by atoms with Crippen LogP contribution in [0.5, 0.6) is 0 Å². The molecule has 0 aliphatic heterocycles. The summed E-state index contributed by atoms with van der Waals surface area (Å²) in [5, 5.41) is 6.31. The second-order valence-electron chi connectivity index (χ2n) is 6.68. The smallest absolute Gasteiger partial charge is 0.251 e. The predicted octanol–water partition coefficient (Wildman–Crippen LogP) is 3.46. The van der Waals surface area contributed by atoms with Crippen LogP contribution >= 0.6 is 0 Å². The van der Waals surface area contributed by atoms with Crippen molar-refractivity contribution in [3.63, 3.8) is 0 Å². The number of pyridine rings is 1. The van der Waals surface area contributed by atoms with Crippen molar-refractivity contribution < 1.29 is 9.21 Å². The van der Waals surface area contributed by atoms with Crippen molar-refractivity contribution in [1.29, 1.82) is 0 Å². The molecule has 0 saturated carbocycles. The van der Waals surface area contributed by atoms with Crippen LogP contribution in [0.1, 0.15) is 33.1 Å². The molecule has 4 aromatic rings. The second kappa shape index (κ2) is 8.10. The molecule has 0 aliphatic carbocycles. The summed E-state index contributed by atoms with van der Waals surface area (Å²) >= 11 is 0. The van der Waals surface area contributed by atoms with E-state index in [4.69, 9.17) is 4.42 Å². The first kappa shape index (κ1) is 18.0. The number of rotatable bonds is 7.